The standard InChI is InChI=1S/C17H11BrFN5S/c18-11-5-6-15-13(7-11)10(8-20-15)9-21-24-16(22-23-17(24)25)12-3-1-2-4-14(12)19/h1-9,20H,(H,23,25)/b21-9+. The van der Waals surface area contributed by atoms with Gasteiger partial charge < -0.3 is 4.98 Å². The predicted octanol–water partition coefficient (Wildman–Crippen LogP) is 4.87. The molecule has 0 fully saturated rings. The van der Waals surface area contributed by atoms with Gasteiger partial charge in [-0.05, 0) is 42.5 Å². The molecule has 124 valence electrons. The molecule has 0 saturated carbocycles. The van der Waals surface area contributed by atoms with Gasteiger partial charge in [-0.1, -0.05) is 28.1 Å². The summed E-state index contributed by atoms with van der Waals surface area (Å²) >= 11 is 8.69. The van der Waals surface area contributed by atoms with E-state index in [2.05, 4.69) is 36.2 Å². The molecule has 2 heterocycles. The first-order chi connectivity index (χ1) is 12.1. The van der Waals surface area contributed by atoms with Gasteiger partial charge in [0, 0.05) is 27.1 Å². The van der Waals surface area contributed by atoms with E-state index in [9.17, 15) is 4.39 Å². The van der Waals surface area contributed by atoms with Gasteiger partial charge in [0.2, 0.25) is 4.77 Å². The van der Waals surface area contributed by atoms with Crippen LogP contribution in [-0.2, 0) is 0 Å². The fourth-order valence-corrected chi connectivity index (χ4v) is 3.10. The number of rotatable bonds is 3. The Morgan fingerprint density at radius 1 is 1.24 bits per heavy atom. The normalized spacial score (nSPS) is 11.6. The molecule has 0 bridgehead atoms. The Morgan fingerprint density at radius 2 is 2.08 bits per heavy atom. The second kappa shape index (κ2) is 6.38. The number of benzene rings is 2. The average Bonchev–Trinajstić information content (AvgIpc) is 3.17. The Labute approximate surface area is 155 Å². The molecule has 2 aromatic heterocycles. The van der Waals surface area contributed by atoms with Crippen LogP contribution in [0.3, 0.4) is 0 Å². The van der Waals surface area contributed by atoms with Crippen LogP contribution in [-0.4, -0.2) is 26.1 Å². The Kier molecular flexibility index (Phi) is 4.06. The fraction of sp³-hybridized carbons (Fsp3) is 0. The minimum atomic E-state index is -0.385. The zero-order valence-electron chi connectivity index (χ0n) is 12.7. The zero-order chi connectivity index (χ0) is 17.4. The van der Waals surface area contributed by atoms with Gasteiger partial charge in [0.15, 0.2) is 5.82 Å². The van der Waals surface area contributed by atoms with Gasteiger partial charge in [0.05, 0.1) is 11.8 Å². The van der Waals surface area contributed by atoms with E-state index in [0.29, 0.717) is 11.4 Å². The van der Waals surface area contributed by atoms with Crippen LogP contribution in [0.1, 0.15) is 5.56 Å². The van der Waals surface area contributed by atoms with Crippen LogP contribution in [0.4, 0.5) is 4.39 Å². The molecule has 2 N–H and O–H groups in total. The van der Waals surface area contributed by atoms with Gasteiger partial charge in [0.25, 0.3) is 0 Å². The maximum Gasteiger partial charge on any atom is 0.216 e. The highest BCUT2D eigenvalue weighted by Gasteiger charge is 2.12. The van der Waals surface area contributed by atoms with E-state index in [0.717, 1.165) is 20.9 Å². The third-order valence-electron chi connectivity index (χ3n) is 3.75. The van der Waals surface area contributed by atoms with Gasteiger partial charge in [-0.2, -0.15) is 14.9 Å². The summed E-state index contributed by atoms with van der Waals surface area (Å²) in [6.07, 6.45) is 3.52. The molecule has 0 unspecified atom stereocenters. The van der Waals surface area contributed by atoms with Gasteiger partial charge in [-0.15, -0.1) is 0 Å². The van der Waals surface area contributed by atoms with Crippen molar-refractivity contribution in [3.63, 3.8) is 0 Å². The van der Waals surface area contributed by atoms with Crippen molar-refractivity contribution < 1.29 is 4.39 Å². The van der Waals surface area contributed by atoms with Crippen molar-refractivity contribution in [2.45, 2.75) is 0 Å². The zero-order valence-corrected chi connectivity index (χ0v) is 15.1. The van der Waals surface area contributed by atoms with E-state index >= 15 is 0 Å². The lowest BCUT2D eigenvalue weighted by molar-refractivity contribution is 0.628. The summed E-state index contributed by atoms with van der Waals surface area (Å²) in [4.78, 5) is 3.18. The van der Waals surface area contributed by atoms with Crippen LogP contribution in [0.15, 0.2) is 58.2 Å². The summed E-state index contributed by atoms with van der Waals surface area (Å²) in [5.41, 5.74) is 2.21. The SMILES string of the molecule is Fc1ccccc1-c1n[nH]c(=S)n1/N=C/c1c[nH]c2ccc(Br)cc12. The van der Waals surface area contributed by atoms with E-state index in [1.807, 2.05) is 24.4 Å². The summed E-state index contributed by atoms with van der Waals surface area (Å²) in [5, 5.41) is 12.2. The van der Waals surface area contributed by atoms with Crippen LogP contribution in [0, 0.1) is 10.6 Å². The molecular formula is C17H11BrFN5S. The predicted molar refractivity (Wildman–Crippen MR) is 102 cm³/mol. The van der Waals surface area contributed by atoms with Crippen LogP contribution >= 0.6 is 28.1 Å². The molecule has 0 atom stereocenters. The van der Waals surface area contributed by atoms with E-state index in [4.69, 9.17) is 12.2 Å². The lowest BCUT2D eigenvalue weighted by Crippen LogP contribution is -1.96. The minimum absolute atomic E-state index is 0.288. The van der Waals surface area contributed by atoms with Crippen LogP contribution in [0.2, 0.25) is 0 Å². The van der Waals surface area contributed by atoms with Crippen molar-refractivity contribution in [2.24, 2.45) is 5.10 Å². The topological polar surface area (TPSA) is 61.8 Å². The molecule has 0 saturated heterocycles. The summed E-state index contributed by atoms with van der Waals surface area (Å²) in [6, 6.07) is 12.3. The molecule has 25 heavy (non-hydrogen) atoms. The summed E-state index contributed by atoms with van der Waals surface area (Å²) < 4.78 is 16.7. The molecule has 0 aliphatic carbocycles. The lowest BCUT2D eigenvalue weighted by Gasteiger charge is -2.02. The van der Waals surface area contributed by atoms with Crippen molar-refractivity contribution in [2.75, 3.05) is 0 Å². The highest BCUT2D eigenvalue weighted by Crippen LogP contribution is 2.23. The molecule has 0 radical (unpaired) electrons. The quantitative estimate of drug-likeness (QED) is 0.370. The lowest BCUT2D eigenvalue weighted by atomic mass is 10.2. The Balaban J connectivity index is 1.80. The molecule has 8 heteroatoms. The molecule has 4 aromatic rings. The van der Waals surface area contributed by atoms with Crippen molar-refractivity contribution in [1.82, 2.24) is 19.9 Å². The van der Waals surface area contributed by atoms with Gasteiger partial charge in [-0.3, -0.25) is 0 Å². The molecule has 0 aliphatic rings. The third-order valence-corrected chi connectivity index (χ3v) is 4.51. The molecule has 2 aromatic carbocycles. The first kappa shape index (κ1) is 15.9. The van der Waals surface area contributed by atoms with Crippen LogP contribution < -0.4 is 0 Å². The van der Waals surface area contributed by atoms with Crippen molar-refractivity contribution in [1.29, 1.82) is 0 Å². The van der Waals surface area contributed by atoms with Crippen molar-refractivity contribution in [3.8, 4) is 11.4 Å². The maximum absolute atomic E-state index is 14.1. The Morgan fingerprint density at radius 3 is 2.92 bits per heavy atom. The number of hydrogen-bond acceptors (Lipinski definition) is 3. The van der Waals surface area contributed by atoms with Crippen LogP contribution in [0.5, 0.6) is 0 Å². The molecule has 0 amide bonds. The number of aromatic nitrogens is 4. The van der Waals surface area contributed by atoms with E-state index in [1.165, 1.54) is 10.7 Å². The van der Waals surface area contributed by atoms with Crippen LogP contribution in [0.25, 0.3) is 22.3 Å². The fourth-order valence-electron chi connectivity index (χ4n) is 2.56. The highest BCUT2D eigenvalue weighted by atomic mass is 79.9. The molecule has 4 rings (SSSR count). The number of nitrogens with zero attached hydrogens (tertiary/aromatic N) is 3. The number of H-pyrrole nitrogens is 2. The molecule has 0 aliphatic heterocycles. The second-order valence-electron chi connectivity index (χ2n) is 5.32. The molecule has 5 nitrogen and oxygen atoms in total. The number of hydrogen-bond donors (Lipinski definition) is 2. The van der Waals surface area contributed by atoms with Gasteiger partial charge in [-0.25, -0.2) is 9.49 Å². The highest BCUT2D eigenvalue weighted by molar-refractivity contribution is 9.10. The number of halogens is 2. The van der Waals surface area contributed by atoms with E-state index in [1.54, 1.807) is 24.4 Å². The summed E-state index contributed by atoms with van der Waals surface area (Å²) in [7, 11) is 0. The van der Waals surface area contributed by atoms with E-state index < -0.39 is 0 Å². The molecular weight excluding hydrogens is 405 g/mol. The van der Waals surface area contributed by atoms with Crippen molar-refractivity contribution in [3.05, 3.63) is 69.3 Å². The largest absolute Gasteiger partial charge is 0.361 e. The Hall–Kier alpha value is -2.58. The third kappa shape index (κ3) is 2.94. The number of nitrogens with one attached hydrogen (secondary N) is 2. The Bertz CT molecular complexity index is 1160. The summed E-state index contributed by atoms with van der Waals surface area (Å²) in [6.45, 7) is 0. The second-order valence-corrected chi connectivity index (χ2v) is 6.62. The molecule has 0 spiro atoms. The van der Waals surface area contributed by atoms with Gasteiger partial charge in [0.1, 0.15) is 5.82 Å². The summed E-state index contributed by atoms with van der Waals surface area (Å²) in [5.74, 6) is -0.0654. The smallest absolute Gasteiger partial charge is 0.216 e. The minimum Gasteiger partial charge on any atom is -0.361 e. The monoisotopic (exact) mass is 415 g/mol. The number of aromatic amines is 2. The first-order valence-corrected chi connectivity index (χ1v) is 8.57. The van der Waals surface area contributed by atoms with Crippen molar-refractivity contribution >= 4 is 45.3 Å². The van der Waals surface area contributed by atoms with Gasteiger partial charge >= 0.3 is 0 Å². The number of fused-ring (bicyclic) bond motifs is 1. The maximum atomic E-state index is 14.1. The van der Waals surface area contributed by atoms with E-state index in [-0.39, 0.29) is 10.6 Å². The first-order valence-electron chi connectivity index (χ1n) is 7.37. The average molecular weight is 416 g/mol.